The average molecular weight is 228 g/mol. The number of amides is 2. The molecule has 0 saturated heterocycles. The van der Waals surface area contributed by atoms with E-state index in [1.165, 1.54) is 0 Å². The van der Waals surface area contributed by atoms with Gasteiger partial charge in [0.25, 0.3) is 0 Å². The van der Waals surface area contributed by atoms with E-state index < -0.39 is 11.8 Å². The number of hydrogen-bond acceptors (Lipinski definition) is 3. The number of carbonyl (C=O) groups is 2. The number of aliphatic hydroxyl groups is 1. The van der Waals surface area contributed by atoms with Crippen LogP contribution in [0.1, 0.15) is 39.0 Å². The predicted molar refractivity (Wildman–Crippen MR) is 59.7 cm³/mol. The van der Waals surface area contributed by atoms with Crippen LogP contribution >= 0.6 is 0 Å². The Morgan fingerprint density at radius 1 is 1.31 bits per heavy atom. The van der Waals surface area contributed by atoms with Crippen LogP contribution in [-0.2, 0) is 9.59 Å². The number of rotatable bonds is 4. The molecule has 0 aliphatic heterocycles. The Morgan fingerprint density at radius 3 is 2.44 bits per heavy atom. The maximum Gasteiger partial charge on any atom is 0.309 e. The van der Waals surface area contributed by atoms with E-state index in [0.717, 1.165) is 25.7 Å². The van der Waals surface area contributed by atoms with Crippen molar-refractivity contribution < 1.29 is 14.7 Å². The molecule has 0 aromatic carbocycles. The zero-order valence-electron chi connectivity index (χ0n) is 9.66. The summed E-state index contributed by atoms with van der Waals surface area (Å²) < 4.78 is 0. The van der Waals surface area contributed by atoms with Crippen LogP contribution in [-0.4, -0.2) is 35.6 Å². The maximum atomic E-state index is 11.5. The van der Waals surface area contributed by atoms with Gasteiger partial charge >= 0.3 is 11.8 Å². The fourth-order valence-corrected chi connectivity index (χ4v) is 1.85. The van der Waals surface area contributed by atoms with Gasteiger partial charge < -0.3 is 15.7 Å². The van der Waals surface area contributed by atoms with Gasteiger partial charge in [0.2, 0.25) is 0 Å². The summed E-state index contributed by atoms with van der Waals surface area (Å²) in [7, 11) is 0. The van der Waals surface area contributed by atoms with Crippen LogP contribution in [0, 0.1) is 0 Å². The highest BCUT2D eigenvalue weighted by Crippen LogP contribution is 2.17. The lowest BCUT2D eigenvalue weighted by molar-refractivity contribution is -0.140. The molecule has 1 aliphatic carbocycles. The molecule has 5 nitrogen and oxygen atoms in total. The first kappa shape index (κ1) is 13.0. The van der Waals surface area contributed by atoms with Crippen molar-refractivity contribution in [3.8, 4) is 0 Å². The second kappa shape index (κ2) is 6.48. The Balaban J connectivity index is 2.32. The second-order valence-electron chi connectivity index (χ2n) is 4.22. The Morgan fingerprint density at radius 2 is 1.94 bits per heavy atom. The fraction of sp³-hybridized carbons (Fsp3) is 0.818. The van der Waals surface area contributed by atoms with Gasteiger partial charge in [0.1, 0.15) is 0 Å². The molecule has 1 fully saturated rings. The summed E-state index contributed by atoms with van der Waals surface area (Å²) in [5.74, 6) is -1.23. The van der Waals surface area contributed by atoms with Crippen molar-refractivity contribution in [1.29, 1.82) is 0 Å². The molecule has 92 valence electrons. The summed E-state index contributed by atoms with van der Waals surface area (Å²) in [5.41, 5.74) is 0. The molecule has 0 aromatic heterocycles. The van der Waals surface area contributed by atoms with E-state index in [9.17, 15) is 9.59 Å². The Bertz CT molecular complexity index is 232. The van der Waals surface area contributed by atoms with Crippen LogP contribution in [0.15, 0.2) is 0 Å². The molecule has 2 amide bonds. The molecule has 3 N–H and O–H groups in total. The van der Waals surface area contributed by atoms with E-state index in [-0.39, 0.29) is 18.7 Å². The molecular formula is C11H20N2O3. The van der Waals surface area contributed by atoms with Gasteiger partial charge in [-0.15, -0.1) is 0 Å². The Kier molecular flexibility index (Phi) is 5.25. The minimum Gasteiger partial charge on any atom is -0.394 e. The van der Waals surface area contributed by atoms with Gasteiger partial charge in [-0.25, -0.2) is 0 Å². The second-order valence-corrected chi connectivity index (χ2v) is 4.22. The molecule has 1 saturated carbocycles. The zero-order valence-corrected chi connectivity index (χ0v) is 9.66. The van der Waals surface area contributed by atoms with E-state index >= 15 is 0 Å². The third-order valence-electron chi connectivity index (χ3n) is 2.95. The van der Waals surface area contributed by atoms with E-state index in [1.807, 2.05) is 6.92 Å². The van der Waals surface area contributed by atoms with Gasteiger partial charge in [0.15, 0.2) is 0 Å². The minimum atomic E-state index is -0.646. The third-order valence-corrected chi connectivity index (χ3v) is 2.95. The first-order valence-electron chi connectivity index (χ1n) is 5.89. The average Bonchev–Trinajstić information content (AvgIpc) is 2.78. The third kappa shape index (κ3) is 3.81. The van der Waals surface area contributed by atoms with Gasteiger partial charge in [-0.1, -0.05) is 19.8 Å². The van der Waals surface area contributed by atoms with Crippen LogP contribution in [0.4, 0.5) is 0 Å². The molecule has 1 aliphatic rings. The number of carbonyl (C=O) groups excluding carboxylic acids is 2. The summed E-state index contributed by atoms with van der Waals surface area (Å²) in [6, 6.07) is -0.186. The summed E-state index contributed by atoms with van der Waals surface area (Å²) in [6.45, 7) is 1.70. The van der Waals surface area contributed by atoms with Gasteiger partial charge in [-0.2, -0.15) is 0 Å². The Hall–Kier alpha value is -1.10. The molecule has 1 atom stereocenters. The summed E-state index contributed by atoms with van der Waals surface area (Å²) in [4.78, 5) is 22.9. The lowest BCUT2D eigenvalue weighted by atomic mass is 10.2. The van der Waals surface area contributed by atoms with E-state index in [4.69, 9.17) is 5.11 Å². The van der Waals surface area contributed by atoms with Crippen LogP contribution in [0.5, 0.6) is 0 Å². The van der Waals surface area contributed by atoms with Crippen molar-refractivity contribution in [1.82, 2.24) is 10.6 Å². The van der Waals surface area contributed by atoms with Gasteiger partial charge in [-0.3, -0.25) is 9.59 Å². The van der Waals surface area contributed by atoms with Crippen molar-refractivity contribution in [2.24, 2.45) is 0 Å². The highest BCUT2D eigenvalue weighted by Gasteiger charge is 2.22. The van der Waals surface area contributed by atoms with Crippen molar-refractivity contribution >= 4 is 11.8 Å². The van der Waals surface area contributed by atoms with E-state index in [1.54, 1.807) is 0 Å². The normalized spacial score (nSPS) is 18.1. The minimum absolute atomic E-state index is 0.140. The number of hydrogen-bond donors (Lipinski definition) is 3. The molecule has 5 heteroatoms. The number of nitrogens with one attached hydrogen (secondary N) is 2. The lowest BCUT2D eigenvalue weighted by Crippen LogP contribution is -2.47. The molecule has 0 radical (unpaired) electrons. The standard InChI is InChI=1S/C11H20N2O3/c1-2-8(7-14)12-10(15)11(16)13-9-5-3-4-6-9/h8-9,14H,2-7H2,1H3,(H,12,15)(H,13,16). The van der Waals surface area contributed by atoms with Crippen LogP contribution in [0.25, 0.3) is 0 Å². The SMILES string of the molecule is CCC(CO)NC(=O)C(=O)NC1CCCC1. The molecule has 0 aromatic rings. The van der Waals surface area contributed by atoms with E-state index in [2.05, 4.69) is 10.6 Å². The Labute approximate surface area is 95.6 Å². The molecule has 16 heavy (non-hydrogen) atoms. The molecule has 1 unspecified atom stereocenters. The smallest absolute Gasteiger partial charge is 0.309 e. The molecule has 1 rings (SSSR count). The van der Waals surface area contributed by atoms with Gasteiger partial charge in [0, 0.05) is 6.04 Å². The highest BCUT2D eigenvalue weighted by molar-refractivity contribution is 6.35. The van der Waals surface area contributed by atoms with Crippen molar-refractivity contribution in [2.75, 3.05) is 6.61 Å². The molecular weight excluding hydrogens is 208 g/mol. The molecule has 0 heterocycles. The number of aliphatic hydroxyl groups excluding tert-OH is 1. The lowest BCUT2D eigenvalue weighted by Gasteiger charge is -2.15. The highest BCUT2D eigenvalue weighted by atomic mass is 16.3. The first-order valence-corrected chi connectivity index (χ1v) is 5.89. The van der Waals surface area contributed by atoms with Crippen molar-refractivity contribution in [2.45, 2.75) is 51.1 Å². The topological polar surface area (TPSA) is 78.4 Å². The van der Waals surface area contributed by atoms with E-state index in [0.29, 0.717) is 6.42 Å². The molecule has 0 spiro atoms. The van der Waals surface area contributed by atoms with Gasteiger partial charge in [-0.05, 0) is 19.3 Å². The van der Waals surface area contributed by atoms with Crippen LogP contribution in [0.3, 0.4) is 0 Å². The largest absolute Gasteiger partial charge is 0.394 e. The maximum absolute atomic E-state index is 11.5. The summed E-state index contributed by atoms with van der Waals surface area (Å²) in [6.07, 6.45) is 4.74. The van der Waals surface area contributed by atoms with Crippen LogP contribution in [0.2, 0.25) is 0 Å². The monoisotopic (exact) mass is 228 g/mol. The van der Waals surface area contributed by atoms with Crippen molar-refractivity contribution in [3.63, 3.8) is 0 Å². The fourth-order valence-electron chi connectivity index (χ4n) is 1.85. The summed E-state index contributed by atoms with van der Waals surface area (Å²) >= 11 is 0. The summed E-state index contributed by atoms with van der Waals surface area (Å²) in [5, 5.41) is 14.1. The molecule has 0 bridgehead atoms. The first-order chi connectivity index (χ1) is 7.67. The van der Waals surface area contributed by atoms with Gasteiger partial charge in [0.05, 0.1) is 12.6 Å². The van der Waals surface area contributed by atoms with Crippen LogP contribution < -0.4 is 10.6 Å². The zero-order chi connectivity index (χ0) is 12.0. The quantitative estimate of drug-likeness (QED) is 0.589. The predicted octanol–water partition coefficient (Wildman–Crippen LogP) is -0.0677. The van der Waals surface area contributed by atoms with Crippen molar-refractivity contribution in [3.05, 3.63) is 0 Å².